The van der Waals surface area contributed by atoms with Crippen LogP contribution in [0.3, 0.4) is 0 Å². The number of hydrogen-bond acceptors (Lipinski definition) is 10. The van der Waals surface area contributed by atoms with E-state index in [1.807, 2.05) is 60.7 Å². The van der Waals surface area contributed by atoms with E-state index in [2.05, 4.69) is 0 Å². The minimum atomic E-state index is -1.04. The molecule has 0 aliphatic heterocycles. The number of aliphatic hydroxyl groups is 2. The Morgan fingerprint density at radius 1 is 0.375 bits per heavy atom. The van der Waals surface area contributed by atoms with Crippen molar-refractivity contribution in [3.05, 3.63) is 71.8 Å². The SMILES string of the molecule is O[C@@H](COCCOCCOCCOCc1ccccc1)[C@@H](O)COCCOCCOCCOCc1ccccc1. The lowest BCUT2D eigenvalue weighted by Crippen LogP contribution is -2.35. The first-order valence-electron chi connectivity index (χ1n) is 13.8. The van der Waals surface area contributed by atoms with Gasteiger partial charge in [0.1, 0.15) is 12.2 Å². The molecule has 0 amide bonds. The first kappa shape index (κ1) is 34.2. The van der Waals surface area contributed by atoms with Crippen LogP contribution in [0.5, 0.6) is 0 Å². The summed E-state index contributed by atoms with van der Waals surface area (Å²) < 4.78 is 43.5. The van der Waals surface area contributed by atoms with Gasteiger partial charge < -0.3 is 48.1 Å². The normalized spacial score (nSPS) is 12.9. The summed E-state index contributed by atoms with van der Waals surface area (Å²) in [7, 11) is 0. The van der Waals surface area contributed by atoms with Crippen molar-refractivity contribution in [2.24, 2.45) is 0 Å². The molecule has 2 rings (SSSR count). The van der Waals surface area contributed by atoms with Crippen LogP contribution in [0.1, 0.15) is 11.1 Å². The number of rotatable bonds is 27. The summed E-state index contributed by atoms with van der Waals surface area (Å²) in [5.74, 6) is 0. The molecular weight excluding hydrogens is 520 g/mol. The third kappa shape index (κ3) is 19.2. The van der Waals surface area contributed by atoms with E-state index in [4.69, 9.17) is 37.9 Å². The van der Waals surface area contributed by atoms with E-state index in [1.54, 1.807) is 0 Å². The van der Waals surface area contributed by atoms with Crippen LogP contribution in [0.15, 0.2) is 60.7 Å². The van der Waals surface area contributed by atoms with Gasteiger partial charge >= 0.3 is 0 Å². The van der Waals surface area contributed by atoms with E-state index in [-0.39, 0.29) is 13.2 Å². The Labute approximate surface area is 238 Å². The quantitative estimate of drug-likeness (QED) is 0.156. The molecule has 0 spiro atoms. The molecule has 0 fully saturated rings. The van der Waals surface area contributed by atoms with Gasteiger partial charge in [-0.1, -0.05) is 60.7 Å². The minimum absolute atomic E-state index is 0.00790. The molecule has 0 saturated carbocycles. The van der Waals surface area contributed by atoms with Crippen LogP contribution < -0.4 is 0 Å². The molecular formula is C30H46O10. The molecule has 10 nitrogen and oxygen atoms in total. The van der Waals surface area contributed by atoms with Crippen LogP contribution in [0.25, 0.3) is 0 Å². The molecule has 0 heterocycles. The monoisotopic (exact) mass is 566 g/mol. The van der Waals surface area contributed by atoms with Crippen molar-refractivity contribution in [3.8, 4) is 0 Å². The Morgan fingerprint density at radius 3 is 0.975 bits per heavy atom. The average molecular weight is 567 g/mol. The van der Waals surface area contributed by atoms with Crippen LogP contribution in [0.2, 0.25) is 0 Å². The predicted octanol–water partition coefficient (Wildman–Crippen LogP) is 2.24. The van der Waals surface area contributed by atoms with Gasteiger partial charge in [-0.05, 0) is 11.1 Å². The zero-order chi connectivity index (χ0) is 28.4. The fraction of sp³-hybridized carbons (Fsp3) is 0.600. The van der Waals surface area contributed by atoms with Gasteiger partial charge in [0.05, 0.1) is 106 Å². The van der Waals surface area contributed by atoms with Crippen LogP contribution in [0, 0.1) is 0 Å². The highest BCUT2D eigenvalue weighted by Crippen LogP contribution is 2.01. The van der Waals surface area contributed by atoms with Crippen molar-refractivity contribution in [1.82, 2.24) is 0 Å². The summed E-state index contributed by atoms with van der Waals surface area (Å²) in [6.45, 7) is 6.36. The molecule has 2 atom stereocenters. The van der Waals surface area contributed by atoms with Gasteiger partial charge in [-0.25, -0.2) is 0 Å². The number of hydrogen-bond donors (Lipinski definition) is 2. The van der Waals surface area contributed by atoms with Crippen molar-refractivity contribution in [3.63, 3.8) is 0 Å². The van der Waals surface area contributed by atoms with Gasteiger partial charge in [0.15, 0.2) is 0 Å². The Balaban J connectivity index is 1.25. The van der Waals surface area contributed by atoms with E-state index in [0.717, 1.165) is 11.1 Å². The third-order valence-corrected chi connectivity index (χ3v) is 5.48. The van der Waals surface area contributed by atoms with E-state index < -0.39 is 12.2 Å². The summed E-state index contributed by atoms with van der Waals surface area (Å²) in [6.07, 6.45) is -2.09. The largest absolute Gasteiger partial charge is 0.388 e. The number of aliphatic hydroxyl groups excluding tert-OH is 2. The van der Waals surface area contributed by atoms with Gasteiger partial charge in [0.25, 0.3) is 0 Å². The maximum absolute atomic E-state index is 9.97. The Kier molecular flexibility index (Phi) is 21.2. The van der Waals surface area contributed by atoms with E-state index in [0.29, 0.717) is 92.5 Å². The second-order valence-electron chi connectivity index (χ2n) is 8.81. The molecule has 226 valence electrons. The van der Waals surface area contributed by atoms with Crippen molar-refractivity contribution in [1.29, 1.82) is 0 Å². The van der Waals surface area contributed by atoms with E-state index in [1.165, 1.54) is 0 Å². The van der Waals surface area contributed by atoms with Crippen LogP contribution in [-0.2, 0) is 51.1 Å². The molecule has 2 aromatic rings. The van der Waals surface area contributed by atoms with Gasteiger partial charge in [-0.15, -0.1) is 0 Å². The summed E-state index contributed by atoms with van der Waals surface area (Å²) in [5.41, 5.74) is 2.27. The summed E-state index contributed by atoms with van der Waals surface area (Å²) in [4.78, 5) is 0. The maximum Gasteiger partial charge on any atom is 0.105 e. The standard InChI is InChI=1S/C30H46O10/c31-29(25-39-21-17-35-13-11-33-15-19-37-23-27-7-3-1-4-8-27)30(32)26-40-22-18-36-14-12-34-16-20-38-24-28-9-5-2-6-10-28/h1-10,29-32H,11-26H2/t29-,30-/m0/s1. The van der Waals surface area contributed by atoms with Crippen molar-refractivity contribution >= 4 is 0 Å². The molecule has 0 aliphatic carbocycles. The summed E-state index contributed by atoms with van der Waals surface area (Å²) in [5, 5.41) is 19.9. The Hall–Kier alpha value is -1.96. The lowest BCUT2D eigenvalue weighted by molar-refractivity contribution is -0.0827. The van der Waals surface area contributed by atoms with Crippen molar-refractivity contribution < 1.29 is 48.1 Å². The van der Waals surface area contributed by atoms with Crippen LogP contribution in [-0.4, -0.2) is 115 Å². The highest BCUT2D eigenvalue weighted by Gasteiger charge is 2.16. The predicted molar refractivity (Wildman–Crippen MR) is 149 cm³/mol. The molecule has 0 saturated heterocycles. The van der Waals surface area contributed by atoms with Gasteiger partial charge in [-0.2, -0.15) is 0 Å². The highest BCUT2D eigenvalue weighted by molar-refractivity contribution is 5.14. The number of benzene rings is 2. The van der Waals surface area contributed by atoms with E-state index >= 15 is 0 Å². The molecule has 0 bridgehead atoms. The number of ether oxygens (including phenoxy) is 8. The van der Waals surface area contributed by atoms with Gasteiger partial charge in [0, 0.05) is 0 Å². The molecule has 0 aliphatic rings. The molecule has 0 aromatic heterocycles. The molecule has 10 heteroatoms. The minimum Gasteiger partial charge on any atom is -0.388 e. The second-order valence-corrected chi connectivity index (χ2v) is 8.81. The van der Waals surface area contributed by atoms with Crippen LogP contribution >= 0.6 is 0 Å². The fourth-order valence-electron chi connectivity index (χ4n) is 3.27. The molecule has 0 radical (unpaired) electrons. The van der Waals surface area contributed by atoms with Crippen molar-refractivity contribution in [2.45, 2.75) is 25.4 Å². The van der Waals surface area contributed by atoms with Gasteiger partial charge in [0.2, 0.25) is 0 Å². The average Bonchev–Trinajstić information content (AvgIpc) is 2.99. The molecule has 0 unspecified atom stereocenters. The van der Waals surface area contributed by atoms with Crippen LogP contribution in [0.4, 0.5) is 0 Å². The zero-order valence-electron chi connectivity index (χ0n) is 23.4. The van der Waals surface area contributed by atoms with E-state index in [9.17, 15) is 10.2 Å². The lowest BCUT2D eigenvalue weighted by atomic mass is 10.2. The zero-order valence-corrected chi connectivity index (χ0v) is 23.4. The lowest BCUT2D eigenvalue weighted by Gasteiger charge is -2.18. The summed E-state index contributed by atoms with van der Waals surface area (Å²) >= 11 is 0. The topological polar surface area (TPSA) is 114 Å². The van der Waals surface area contributed by atoms with Gasteiger partial charge in [-0.3, -0.25) is 0 Å². The fourth-order valence-corrected chi connectivity index (χ4v) is 3.27. The molecule has 40 heavy (non-hydrogen) atoms. The van der Waals surface area contributed by atoms with Crippen molar-refractivity contribution in [2.75, 3.05) is 92.5 Å². The summed E-state index contributed by atoms with van der Waals surface area (Å²) in [6, 6.07) is 20.0. The maximum atomic E-state index is 9.97. The Bertz CT molecular complexity index is 728. The first-order valence-corrected chi connectivity index (χ1v) is 13.8. The highest BCUT2D eigenvalue weighted by atomic mass is 16.6. The first-order chi connectivity index (χ1) is 19.8. The third-order valence-electron chi connectivity index (χ3n) is 5.48. The molecule has 2 aromatic carbocycles. The Morgan fingerprint density at radius 2 is 0.650 bits per heavy atom. The smallest absolute Gasteiger partial charge is 0.105 e. The second kappa shape index (κ2) is 24.8. The molecule has 2 N–H and O–H groups in total.